The van der Waals surface area contributed by atoms with Crippen molar-refractivity contribution < 1.29 is 18.8 Å². The van der Waals surface area contributed by atoms with E-state index >= 15 is 0 Å². The normalized spacial score (nSPS) is 17.7. The van der Waals surface area contributed by atoms with E-state index in [0.29, 0.717) is 25.6 Å². The third-order valence-electron chi connectivity index (χ3n) is 6.09. The maximum atomic E-state index is 13.1. The van der Waals surface area contributed by atoms with Crippen molar-refractivity contribution in [3.8, 4) is 22.8 Å². The number of nitrogens with zero attached hydrogens (tertiary/aromatic N) is 3. The van der Waals surface area contributed by atoms with Gasteiger partial charge in [0.1, 0.15) is 0 Å². The number of hydrogen-bond donors (Lipinski definition) is 0. The van der Waals surface area contributed by atoms with Crippen molar-refractivity contribution in [2.45, 2.75) is 19.4 Å². The van der Waals surface area contributed by atoms with Gasteiger partial charge in [0.2, 0.25) is 6.79 Å². The Bertz CT molecular complexity index is 1110. The predicted molar refractivity (Wildman–Crippen MR) is 111 cm³/mol. The minimum Gasteiger partial charge on any atom is -0.454 e. The maximum absolute atomic E-state index is 13.1. The van der Waals surface area contributed by atoms with Crippen LogP contribution in [0.4, 0.5) is 0 Å². The molecular formula is C22H21N3O4S. The topological polar surface area (TPSA) is 68.0 Å². The smallest absolute Gasteiger partial charge is 0.276 e. The summed E-state index contributed by atoms with van der Waals surface area (Å²) in [5.41, 5.74) is 3.75. The second-order valence-corrected chi connectivity index (χ2v) is 8.85. The molecule has 1 fully saturated rings. The van der Waals surface area contributed by atoms with Crippen LogP contribution in [0.25, 0.3) is 11.3 Å². The van der Waals surface area contributed by atoms with Crippen LogP contribution in [0.1, 0.15) is 26.5 Å². The number of fused-ring (bicyclic) bond motifs is 4. The molecule has 3 aliphatic rings. The van der Waals surface area contributed by atoms with Crippen molar-refractivity contribution in [2.75, 3.05) is 33.0 Å². The van der Waals surface area contributed by atoms with Gasteiger partial charge >= 0.3 is 0 Å². The maximum Gasteiger partial charge on any atom is 0.276 e. The first-order valence-electron chi connectivity index (χ1n) is 10.2. The van der Waals surface area contributed by atoms with Gasteiger partial charge in [0.05, 0.1) is 0 Å². The standard InChI is InChI=1S/C22H21N3O4S/c26-22(20-16-2-4-19-15(5-10-30-19)21(16)29-23-20)25-8-6-24(7-9-25)12-14-1-3-17-18(11-14)28-13-27-17/h1,3,5,10-11H,2,4,6-9,12-13H2. The first-order chi connectivity index (χ1) is 14.8. The summed E-state index contributed by atoms with van der Waals surface area (Å²) in [4.78, 5) is 18.7. The molecule has 30 heavy (non-hydrogen) atoms. The van der Waals surface area contributed by atoms with Crippen LogP contribution < -0.4 is 9.47 Å². The van der Waals surface area contributed by atoms with Gasteiger partial charge in [-0.1, -0.05) is 11.2 Å². The molecule has 8 heteroatoms. The van der Waals surface area contributed by atoms with Crippen LogP contribution in [0.2, 0.25) is 0 Å². The van der Waals surface area contributed by atoms with Gasteiger partial charge in [0, 0.05) is 48.7 Å². The molecule has 0 N–H and O–H groups in total. The molecule has 1 saturated heterocycles. The largest absolute Gasteiger partial charge is 0.454 e. The molecule has 0 saturated carbocycles. The van der Waals surface area contributed by atoms with Gasteiger partial charge in [0.15, 0.2) is 23.0 Å². The fourth-order valence-electron chi connectivity index (χ4n) is 4.45. The number of piperazine rings is 1. The fourth-order valence-corrected chi connectivity index (χ4v) is 5.33. The van der Waals surface area contributed by atoms with Crippen LogP contribution in [-0.2, 0) is 19.4 Å². The summed E-state index contributed by atoms with van der Waals surface area (Å²) in [5, 5.41) is 6.24. The Morgan fingerprint density at radius 3 is 2.83 bits per heavy atom. The van der Waals surface area contributed by atoms with Gasteiger partial charge in [-0.05, 0) is 42.0 Å². The molecule has 7 nitrogen and oxygen atoms in total. The van der Waals surface area contributed by atoms with E-state index in [1.54, 1.807) is 11.3 Å². The zero-order chi connectivity index (χ0) is 20.1. The van der Waals surface area contributed by atoms with Crippen molar-refractivity contribution >= 4 is 17.2 Å². The molecule has 2 aromatic heterocycles. The molecule has 0 unspecified atom stereocenters. The molecule has 1 amide bonds. The first kappa shape index (κ1) is 18.0. The number of carbonyl (C=O) groups excluding carboxylic acids is 1. The van der Waals surface area contributed by atoms with Gasteiger partial charge in [-0.15, -0.1) is 11.3 Å². The number of amides is 1. The quantitative estimate of drug-likeness (QED) is 0.645. The monoisotopic (exact) mass is 423 g/mol. The average Bonchev–Trinajstić information content (AvgIpc) is 3.51. The van der Waals surface area contributed by atoms with Crippen molar-refractivity contribution in [1.82, 2.24) is 15.0 Å². The van der Waals surface area contributed by atoms with Crippen LogP contribution >= 0.6 is 11.3 Å². The number of ether oxygens (including phenoxy) is 2. The van der Waals surface area contributed by atoms with Gasteiger partial charge < -0.3 is 18.9 Å². The molecule has 0 radical (unpaired) electrons. The fraction of sp³-hybridized carbons (Fsp3) is 0.364. The summed E-state index contributed by atoms with van der Waals surface area (Å²) in [6, 6.07) is 8.14. The zero-order valence-electron chi connectivity index (χ0n) is 16.4. The van der Waals surface area contributed by atoms with E-state index in [1.165, 1.54) is 10.4 Å². The van der Waals surface area contributed by atoms with E-state index in [4.69, 9.17) is 14.0 Å². The predicted octanol–water partition coefficient (Wildman–Crippen LogP) is 3.19. The number of carbonyl (C=O) groups is 1. The van der Waals surface area contributed by atoms with E-state index in [-0.39, 0.29) is 5.91 Å². The highest BCUT2D eigenvalue weighted by atomic mass is 32.1. The molecule has 6 rings (SSSR count). The minimum atomic E-state index is -0.0126. The SMILES string of the molecule is O=C(c1noc2c1CCc1sccc1-2)N1CCN(Cc2ccc3c(c2)OCO3)CC1. The van der Waals surface area contributed by atoms with E-state index in [2.05, 4.69) is 27.6 Å². The van der Waals surface area contributed by atoms with Crippen molar-refractivity contribution in [1.29, 1.82) is 0 Å². The summed E-state index contributed by atoms with van der Waals surface area (Å²) in [5.74, 6) is 2.38. The molecule has 0 spiro atoms. The van der Waals surface area contributed by atoms with Crippen LogP contribution in [0.15, 0.2) is 34.2 Å². The Kier molecular flexibility index (Phi) is 4.28. The van der Waals surface area contributed by atoms with Gasteiger partial charge in [0.25, 0.3) is 5.91 Å². The minimum absolute atomic E-state index is 0.0126. The molecule has 3 aromatic rings. The Balaban J connectivity index is 1.12. The number of thiophene rings is 1. The number of aryl methyl sites for hydroxylation is 1. The molecule has 2 aliphatic heterocycles. The lowest BCUT2D eigenvalue weighted by atomic mass is 9.95. The summed E-state index contributed by atoms with van der Waals surface area (Å²) in [6.07, 6.45) is 1.77. The lowest BCUT2D eigenvalue weighted by Gasteiger charge is -2.34. The third-order valence-corrected chi connectivity index (χ3v) is 7.07. The lowest BCUT2D eigenvalue weighted by Crippen LogP contribution is -2.48. The van der Waals surface area contributed by atoms with Crippen LogP contribution in [0, 0.1) is 0 Å². The number of benzene rings is 1. The highest BCUT2D eigenvalue weighted by Gasteiger charge is 2.31. The van der Waals surface area contributed by atoms with Gasteiger partial charge in [-0.25, -0.2) is 0 Å². The summed E-state index contributed by atoms with van der Waals surface area (Å²) >= 11 is 1.74. The molecule has 0 atom stereocenters. The average molecular weight is 423 g/mol. The number of rotatable bonds is 3. The first-order valence-corrected chi connectivity index (χ1v) is 11.1. The summed E-state index contributed by atoms with van der Waals surface area (Å²) in [6.45, 7) is 4.16. The summed E-state index contributed by atoms with van der Waals surface area (Å²) in [7, 11) is 0. The molecule has 0 bridgehead atoms. The van der Waals surface area contributed by atoms with E-state index < -0.39 is 0 Å². The molecule has 4 heterocycles. The van der Waals surface area contributed by atoms with Crippen molar-refractivity contribution in [3.05, 3.63) is 51.3 Å². The molecular weight excluding hydrogens is 402 g/mol. The Morgan fingerprint density at radius 1 is 1.07 bits per heavy atom. The molecule has 154 valence electrons. The highest BCUT2D eigenvalue weighted by molar-refractivity contribution is 7.10. The Hall–Kier alpha value is -2.84. The number of aromatic nitrogens is 1. The summed E-state index contributed by atoms with van der Waals surface area (Å²) < 4.78 is 16.4. The van der Waals surface area contributed by atoms with Gasteiger partial charge in [-0.3, -0.25) is 9.69 Å². The highest BCUT2D eigenvalue weighted by Crippen LogP contribution is 2.38. The second-order valence-electron chi connectivity index (χ2n) is 7.85. The Morgan fingerprint density at radius 2 is 1.93 bits per heavy atom. The molecule has 1 aromatic carbocycles. The Labute approximate surface area is 177 Å². The third kappa shape index (κ3) is 2.98. The zero-order valence-corrected chi connectivity index (χ0v) is 17.2. The van der Waals surface area contributed by atoms with Gasteiger partial charge in [-0.2, -0.15) is 0 Å². The molecule has 1 aliphatic carbocycles. The van der Waals surface area contributed by atoms with Crippen molar-refractivity contribution in [2.24, 2.45) is 0 Å². The van der Waals surface area contributed by atoms with Crippen LogP contribution in [0.3, 0.4) is 0 Å². The number of hydrogen-bond acceptors (Lipinski definition) is 7. The second kappa shape index (κ2) is 7.14. The van der Waals surface area contributed by atoms with E-state index in [0.717, 1.165) is 60.9 Å². The van der Waals surface area contributed by atoms with Crippen LogP contribution in [0.5, 0.6) is 11.5 Å². The van der Waals surface area contributed by atoms with E-state index in [9.17, 15) is 4.79 Å². The van der Waals surface area contributed by atoms with Crippen LogP contribution in [-0.4, -0.2) is 53.8 Å². The lowest BCUT2D eigenvalue weighted by molar-refractivity contribution is 0.0617. The van der Waals surface area contributed by atoms with E-state index in [1.807, 2.05) is 17.0 Å². The van der Waals surface area contributed by atoms with Crippen molar-refractivity contribution in [3.63, 3.8) is 0 Å².